The number of amides is 1. The number of ether oxygens (including phenoxy) is 1. The van der Waals surface area contributed by atoms with Crippen LogP contribution in [0.4, 0.5) is 0 Å². The summed E-state index contributed by atoms with van der Waals surface area (Å²) in [6, 6.07) is 17.8. The molecule has 5 rings (SSSR count). The normalized spacial score (nSPS) is 26.1. The Hall–Kier alpha value is -3.16. The number of aliphatic carboxylic acids is 1. The number of carbonyl (C=O) groups excluding carboxylic acids is 1. The molecule has 0 unspecified atom stereocenters. The van der Waals surface area contributed by atoms with Crippen LogP contribution >= 0.6 is 0 Å². The molecule has 7 nitrogen and oxygen atoms in total. The zero-order valence-electron chi connectivity index (χ0n) is 19.9. The number of aliphatic hydroxyl groups is 1. The number of nitrogens with one attached hydrogen (secondary N) is 1. The van der Waals surface area contributed by atoms with Gasteiger partial charge in [-0.2, -0.15) is 0 Å². The molecule has 35 heavy (non-hydrogen) atoms. The summed E-state index contributed by atoms with van der Waals surface area (Å²) in [5, 5.41) is 23.5. The van der Waals surface area contributed by atoms with Crippen molar-refractivity contribution in [3.05, 3.63) is 77.0 Å². The monoisotopic (exact) mass is 476 g/mol. The van der Waals surface area contributed by atoms with Crippen molar-refractivity contribution in [1.82, 2.24) is 10.2 Å². The van der Waals surface area contributed by atoms with Gasteiger partial charge in [0.05, 0.1) is 18.1 Å². The van der Waals surface area contributed by atoms with Crippen LogP contribution in [0.15, 0.2) is 65.9 Å². The average molecular weight is 477 g/mol. The zero-order valence-corrected chi connectivity index (χ0v) is 19.9. The van der Waals surface area contributed by atoms with Crippen LogP contribution in [0.5, 0.6) is 5.75 Å². The standard InChI is InChI=1S/C28H32N2O5/c1-17(31)23-25-22-9-5-8-20(24(22)26(28(33)34)30(25)27(23)32)15-29-14-18-10-12-21(13-11-18)35-16-19-6-3-2-4-7-19/h2-4,6-7,10-13,17,20,22-23,25,29,31H,5,8-9,14-16H2,1H3,(H,33,34)/t17-,20+,22+,23-,25-/m1/s1. The minimum atomic E-state index is -1.04. The van der Waals surface area contributed by atoms with E-state index in [9.17, 15) is 19.8 Å². The van der Waals surface area contributed by atoms with E-state index in [0.29, 0.717) is 19.7 Å². The summed E-state index contributed by atoms with van der Waals surface area (Å²) in [5.74, 6) is -0.882. The van der Waals surface area contributed by atoms with Crippen LogP contribution in [0.2, 0.25) is 0 Å². The average Bonchev–Trinajstić information content (AvgIpc) is 3.15. The molecule has 2 aromatic carbocycles. The summed E-state index contributed by atoms with van der Waals surface area (Å²) in [6.07, 6.45) is 1.99. The molecule has 0 aromatic heterocycles. The second kappa shape index (κ2) is 9.84. The van der Waals surface area contributed by atoms with Gasteiger partial charge in [-0.15, -0.1) is 0 Å². The Morgan fingerprint density at radius 1 is 1.11 bits per heavy atom. The highest BCUT2D eigenvalue weighted by Gasteiger charge is 2.62. The molecule has 1 amide bonds. The van der Waals surface area contributed by atoms with Crippen LogP contribution in [-0.2, 0) is 22.7 Å². The summed E-state index contributed by atoms with van der Waals surface area (Å²) in [6.45, 7) is 3.47. The van der Waals surface area contributed by atoms with Gasteiger partial charge in [0, 0.05) is 19.0 Å². The fourth-order valence-electron chi connectivity index (χ4n) is 6.05. The molecule has 1 saturated heterocycles. The molecule has 2 aliphatic heterocycles. The third-order valence-corrected chi connectivity index (χ3v) is 7.64. The molecule has 3 N–H and O–H groups in total. The molecule has 0 bridgehead atoms. The van der Waals surface area contributed by atoms with Crippen molar-refractivity contribution < 1.29 is 24.5 Å². The quantitative estimate of drug-likeness (QED) is 0.480. The summed E-state index contributed by atoms with van der Waals surface area (Å²) in [7, 11) is 0. The fourth-order valence-corrected chi connectivity index (χ4v) is 6.05. The number of carboxylic acids is 1. The van der Waals surface area contributed by atoms with Gasteiger partial charge in [-0.05, 0) is 54.5 Å². The maximum Gasteiger partial charge on any atom is 0.352 e. The maximum atomic E-state index is 12.6. The first-order chi connectivity index (χ1) is 17.0. The van der Waals surface area contributed by atoms with E-state index in [2.05, 4.69) is 5.32 Å². The van der Waals surface area contributed by atoms with Crippen LogP contribution < -0.4 is 10.1 Å². The number of hydrogen-bond acceptors (Lipinski definition) is 5. The Morgan fingerprint density at radius 2 is 1.86 bits per heavy atom. The van der Waals surface area contributed by atoms with Crippen molar-refractivity contribution in [2.45, 2.75) is 51.5 Å². The number of carbonyl (C=O) groups is 2. The number of carboxylic acid groups (broad SMARTS) is 1. The Morgan fingerprint density at radius 3 is 2.54 bits per heavy atom. The summed E-state index contributed by atoms with van der Waals surface area (Å²) >= 11 is 0. The predicted octanol–water partition coefficient (Wildman–Crippen LogP) is 3.33. The highest BCUT2D eigenvalue weighted by Crippen LogP contribution is 2.53. The van der Waals surface area contributed by atoms with E-state index in [0.717, 1.165) is 41.7 Å². The smallest absolute Gasteiger partial charge is 0.352 e. The van der Waals surface area contributed by atoms with Crippen molar-refractivity contribution in [2.24, 2.45) is 17.8 Å². The molecule has 7 heteroatoms. The van der Waals surface area contributed by atoms with E-state index >= 15 is 0 Å². The third kappa shape index (κ3) is 4.46. The van der Waals surface area contributed by atoms with Gasteiger partial charge in [-0.1, -0.05) is 48.9 Å². The minimum absolute atomic E-state index is 0.0278. The zero-order chi connectivity index (χ0) is 24.5. The Kier molecular flexibility index (Phi) is 6.62. The van der Waals surface area contributed by atoms with Gasteiger partial charge in [0.2, 0.25) is 5.91 Å². The SMILES string of the molecule is C[C@@H](O)[C@H]1C(=O)N2C(C(=O)O)=C3[C@H](CNCc4ccc(OCc5ccccc5)cc4)CCC[C@@H]3[C@H]12. The van der Waals surface area contributed by atoms with Crippen LogP contribution in [0, 0.1) is 17.8 Å². The molecule has 2 fully saturated rings. The molecule has 2 heterocycles. The highest BCUT2D eigenvalue weighted by molar-refractivity contribution is 6.00. The first-order valence-corrected chi connectivity index (χ1v) is 12.4. The van der Waals surface area contributed by atoms with Crippen molar-refractivity contribution in [3.8, 4) is 5.75 Å². The molecule has 0 radical (unpaired) electrons. The van der Waals surface area contributed by atoms with Crippen LogP contribution in [-0.4, -0.2) is 45.7 Å². The predicted molar refractivity (Wildman–Crippen MR) is 130 cm³/mol. The van der Waals surface area contributed by atoms with Gasteiger partial charge >= 0.3 is 5.97 Å². The van der Waals surface area contributed by atoms with E-state index in [-0.39, 0.29) is 29.5 Å². The summed E-state index contributed by atoms with van der Waals surface area (Å²) < 4.78 is 5.86. The number of rotatable bonds is 9. The maximum absolute atomic E-state index is 12.6. The Labute approximate surface area is 205 Å². The molecule has 5 atom stereocenters. The molecule has 2 aromatic rings. The van der Waals surface area contributed by atoms with Crippen molar-refractivity contribution in [3.63, 3.8) is 0 Å². The molecule has 1 saturated carbocycles. The number of hydrogen-bond donors (Lipinski definition) is 3. The van der Waals surface area contributed by atoms with Crippen LogP contribution in [0.1, 0.15) is 37.3 Å². The summed E-state index contributed by atoms with van der Waals surface area (Å²) in [4.78, 5) is 26.2. The first-order valence-electron chi connectivity index (χ1n) is 12.4. The second-order valence-electron chi connectivity index (χ2n) is 9.86. The Bertz CT molecular complexity index is 1110. The van der Waals surface area contributed by atoms with Crippen LogP contribution in [0.3, 0.4) is 0 Å². The molecular formula is C28H32N2O5. The molecular weight excluding hydrogens is 444 g/mol. The van der Waals surface area contributed by atoms with Crippen molar-refractivity contribution >= 4 is 11.9 Å². The van der Waals surface area contributed by atoms with Gasteiger partial charge in [0.25, 0.3) is 0 Å². The van der Waals surface area contributed by atoms with E-state index in [1.165, 1.54) is 4.90 Å². The lowest BCUT2D eigenvalue weighted by Gasteiger charge is -2.47. The number of aliphatic hydroxyl groups excluding tert-OH is 1. The molecule has 3 aliphatic rings. The highest BCUT2D eigenvalue weighted by atomic mass is 16.5. The summed E-state index contributed by atoms with van der Waals surface area (Å²) in [5.41, 5.74) is 3.30. The van der Waals surface area contributed by atoms with Gasteiger partial charge in [-0.3, -0.25) is 4.79 Å². The molecule has 0 spiro atoms. The van der Waals surface area contributed by atoms with Crippen molar-refractivity contribution in [1.29, 1.82) is 0 Å². The lowest BCUT2D eigenvalue weighted by Crippen LogP contribution is -2.64. The lowest BCUT2D eigenvalue weighted by atomic mass is 9.69. The first kappa shape index (κ1) is 23.6. The van der Waals surface area contributed by atoms with E-state index in [1.807, 2.05) is 54.6 Å². The Balaban J connectivity index is 1.20. The largest absolute Gasteiger partial charge is 0.489 e. The number of β-lactam (4-membered cyclic amide) rings is 1. The third-order valence-electron chi connectivity index (χ3n) is 7.64. The van der Waals surface area contributed by atoms with Gasteiger partial charge in [0.15, 0.2) is 0 Å². The lowest BCUT2D eigenvalue weighted by molar-refractivity contribution is -0.163. The van der Waals surface area contributed by atoms with E-state index in [4.69, 9.17) is 4.74 Å². The van der Waals surface area contributed by atoms with Crippen molar-refractivity contribution in [2.75, 3.05) is 6.54 Å². The number of fused-ring (bicyclic) bond motifs is 3. The second-order valence-corrected chi connectivity index (χ2v) is 9.86. The fraction of sp³-hybridized carbons (Fsp3) is 0.429. The van der Waals surface area contributed by atoms with Gasteiger partial charge in [-0.25, -0.2) is 4.79 Å². The van der Waals surface area contributed by atoms with Gasteiger partial charge in [0.1, 0.15) is 18.1 Å². The molecule has 1 aliphatic carbocycles. The number of nitrogens with zero attached hydrogens (tertiary/aromatic N) is 1. The minimum Gasteiger partial charge on any atom is -0.489 e. The van der Waals surface area contributed by atoms with E-state index in [1.54, 1.807) is 6.92 Å². The number of benzene rings is 2. The van der Waals surface area contributed by atoms with Crippen LogP contribution in [0.25, 0.3) is 0 Å². The molecule has 184 valence electrons. The van der Waals surface area contributed by atoms with E-state index < -0.39 is 18.0 Å². The van der Waals surface area contributed by atoms with Gasteiger partial charge < -0.3 is 25.2 Å². The topological polar surface area (TPSA) is 99.1 Å².